The van der Waals surface area contributed by atoms with Crippen molar-refractivity contribution in [2.75, 3.05) is 19.7 Å². The van der Waals surface area contributed by atoms with Crippen molar-refractivity contribution < 1.29 is 24.2 Å². The molecule has 0 spiro atoms. The molecule has 1 aromatic rings. The third-order valence-corrected chi connectivity index (χ3v) is 4.84. The van der Waals surface area contributed by atoms with Gasteiger partial charge in [-0.25, -0.2) is 4.79 Å². The molecule has 1 aromatic carbocycles. The van der Waals surface area contributed by atoms with Crippen molar-refractivity contribution >= 4 is 17.9 Å². The van der Waals surface area contributed by atoms with Crippen molar-refractivity contribution in [2.24, 2.45) is 0 Å². The lowest BCUT2D eigenvalue weighted by Gasteiger charge is -2.34. The minimum Gasteiger partial charge on any atom is -0.444 e. The molecular weight excluding hydrogens is 410 g/mol. The van der Waals surface area contributed by atoms with Crippen molar-refractivity contribution in [3.63, 3.8) is 0 Å². The van der Waals surface area contributed by atoms with Crippen molar-refractivity contribution in [1.29, 1.82) is 0 Å². The number of nitrogens with zero attached hydrogens (tertiary/aromatic N) is 1. The van der Waals surface area contributed by atoms with E-state index < -0.39 is 29.7 Å². The van der Waals surface area contributed by atoms with E-state index in [0.717, 1.165) is 24.0 Å². The van der Waals surface area contributed by atoms with Gasteiger partial charge in [-0.15, -0.1) is 0 Å². The van der Waals surface area contributed by atoms with Gasteiger partial charge in [0.2, 0.25) is 11.8 Å². The van der Waals surface area contributed by atoms with Gasteiger partial charge in [0, 0.05) is 13.1 Å². The van der Waals surface area contributed by atoms with Crippen molar-refractivity contribution in [3.05, 3.63) is 34.9 Å². The van der Waals surface area contributed by atoms with Crippen LogP contribution in [-0.4, -0.2) is 59.3 Å². The molecule has 180 valence electrons. The molecule has 0 aliphatic heterocycles. The lowest BCUT2D eigenvalue weighted by molar-refractivity contribution is -0.142. The first-order valence-electron chi connectivity index (χ1n) is 11.2. The number of hydrogen-bond acceptors (Lipinski definition) is 5. The normalized spacial score (nSPS) is 13.1. The molecule has 8 heteroatoms. The molecule has 0 heterocycles. The molecule has 0 aliphatic rings. The molecule has 32 heavy (non-hydrogen) atoms. The lowest BCUT2D eigenvalue weighted by Crippen LogP contribution is -2.52. The number of nitrogens with one attached hydrogen (secondary N) is 2. The number of ether oxygens (including phenoxy) is 1. The standard InChI is InChI=1S/C24H39N3O5/c1-8-9-12-25-21(29)20(19-11-10-16(2)15-17(19)3)27(13-14-28)22(30)18(4)26-23(31)32-24(5,6)7/h10-11,15,18,20,28H,8-9,12-14H2,1-7H3,(H,25,29)(H,26,31). The number of aliphatic hydroxyl groups excluding tert-OH is 1. The molecule has 2 atom stereocenters. The van der Waals surface area contributed by atoms with E-state index in [0.29, 0.717) is 12.1 Å². The van der Waals surface area contributed by atoms with Crippen LogP contribution in [0.15, 0.2) is 18.2 Å². The summed E-state index contributed by atoms with van der Waals surface area (Å²) in [6.07, 6.45) is 1.01. The Bertz CT molecular complexity index is 788. The SMILES string of the molecule is CCCCNC(=O)C(c1ccc(C)cc1C)N(CCO)C(=O)C(C)NC(=O)OC(C)(C)C. The van der Waals surface area contributed by atoms with Crippen LogP contribution >= 0.6 is 0 Å². The van der Waals surface area contributed by atoms with Crippen molar-refractivity contribution in [3.8, 4) is 0 Å². The number of hydrogen-bond donors (Lipinski definition) is 3. The first-order chi connectivity index (χ1) is 14.9. The maximum atomic E-state index is 13.3. The largest absolute Gasteiger partial charge is 0.444 e. The Morgan fingerprint density at radius 2 is 1.84 bits per heavy atom. The highest BCUT2D eigenvalue weighted by molar-refractivity contribution is 5.92. The van der Waals surface area contributed by atoms with Gasteiger partial charge in [0.15, 0.2) is 0 Å². The minimum absolute atomic E-state index is 0.0572. The van der Waals surface area contributed by atoms with Crippen LogP contribution in [-0.2, 0) is 14.3 Å². The summed E-state index contributed by atoms with van der Waals surface area (Å²) < 4.78 is 5.24. The average molecular weight is 450 g/mol. The quantitative estimate of drug-likeness (QED) is 0.476. The van der Waals surface area contributed by atoms with E-state index in [1.165, 1.54) is 11.8 Å². The second kappa shape index (κ2) is 12.4. The van der Waals surface area contributed by atoms with E-state index in [4.69, 9.17) is 4.74 Å². The predicted molar refractivity (Wildman–Crippen MR) is 124 cm³/mol. The summed E-state index contributed by atoms with van der Waals surface area (Å²) in [6, 6.07) is 3.78. The van der Waals surface area contributed by atoms with Gasteiger partial charge in [0.1, 0.15) is 17.7 Å². The molecule has 0 saturated heterocycles. The summed E-state index contributed by atoms with van der Waals surface area (Å²) in [5.74, 6) is -0.808. The lowest BCUT2D eigenvalue weighted by atomic mass is 9.96. The highest BCUT2D eigenvalue weighted by Crippen LogP contribution is 2.26. The van der Waals surface area contributed by atoms with Gasteiger partial charge < -0.3 is 25.4 Å². The Kier molecular flexibility index (Phi) is 10.7. The first-order valence-corrected chi connectivity index (χ1v) is 11.2. The maximum absolute atomic E-state index is 13.3. The fourth-order valence-electron chi connectivity index (χ4n) is 3.34. The summed E-state index contributed by atoms with van der Waals surface area (Å²) in [5, 5.41) is 15.1. The Labute approximate surface area is 191 Å². The fourth-order valence-corrected chi connectivity index (χ4v) is 3.34. The molecular formula is C24H39N3O5. The van der Waals surface area contributed by atoms with Gasteiger partial charge in [0.05, 0.1) is 6.61 Å². The third-order valence-electron chi connectivity index (χ3n) is 4.84. The molecule has 8 nitrogen and oxygen atoms in total. The smallest absolute Gasteiger partial charge is 0.408 e. The van der Waals surface area contributed by atoms with E-state index in [1.807, 2.05) is 39.0 Å². The number of benzene rings is 1. The van der Waals surface area contributed by atoms with E-state index in [2.05, 4.69) is 10.6 Å². The molecule has 0 bridgehead atoms. The van der Waals surface area contributed by atoms with E-state index in [-0.39, 0.29) is 19.1 Å². The zero-order valence-electron chi connectivity index (χ0n) is 20.4. The van der Waals surface area contributed by atoms with Crippen LogP contribution in [0.5, 0.6) is 0 Å². The molecule has 2 unspecified atom stereocenters. The highest BCUT2D eigenvalue weighted by atomic mass is 16.6. The maximum Gasteiger partial charge on any atom is 0.408 e. The zero-order chi connectivity index (χ0) is 24.5. The number of carbonyl (C=O) groups excluding carboxylic acids is 3. The Balaban J connectivity index is 3.26. The van der Waals surface area contributed by atoms with Crippen LogP contribution in [0.25, 0.3) is 0 Å². The molecule has 1 rings (SSSR count). The molecule has 0 radical (unpaired) electrons. The molecule has 0 aromatic heterocycles. The number of carbonyl (C=O) groups is 3. The monoisotopic (exact) mass is 449 g/mol. The zero-order valence-corrected chi connectivity index (χ0v) is 20.4. The second-order valence-corrected chi connectivity index (χ2v) is 9.03. The minimum atomic E-state index is -0.951. The van der Waals surface area contributed by atoms with Crippen LogP contribution in [0.4, 0.5) is 4.79 Å². The van der Waals surface area contributed by atoms with E-state index in [1.54, 1.807) is 20.8 Å². The fraction of sp³-hybridized carbons (Fsp3) is 0.625. The number of rotatable bonds is 10. The Morgan fingerprint density at radius 1 is 1.19 bits per heavy atom. The van der Waals surface area contributed by atoms with Gasteiger partial charge in [0.25, 0.3) is 0 Å². The van der Waals surface area contributed by atoms with Gasteiger partial charge >= 0.3 is 6.09 Å². The van der Waals surface area contributed by atoms with Gasteiger partial charge in [-0.2, -0.15) is 0 Å². The van der Waals surface area contributed by atoms with Crippen LogP contribution in [0.3, 0.4) is 0 Å². The number of unbranched alkanes of at least 4 members (excludes halogenated alkanes) is 1. The second-order valence-electron chi connectivity index (χ2n) is 9.03. The predicted octanol–water partition coefficient (Wildman–Crippen LogP) is 2.99. The third kappa shape index (κ3) is 8.49. The molecule has 0 aliphatic carbocycles. The average Bonchev–Trinajstić information content (AvgIpc) is 2.67. The summed E-state index contributed by atoms with van der Waals surface area (Å²) >= 11 is 0. The van der Waals surface area contributed by atoms with Gasteiger partial charge in [-0.3, -0.25) is 9.59 Å². The number of alkyl carbamates (subject to hydrolysis) is 1. The summed E-state index contributed by atoms with van der Waals surface area (Å²) in [5.41, 5.74) is 1.87. The van der Waals surface area contributed by atoms with Crippen molar-refractivity contribution in [1.82, 2.24) is 15.5 Å². The summed E-state index contributed by atoms with van der Waals surface area (Å²) in [6.45, 7) is 12.7. The highest BCUT2D eigenvalue weighted by Gasteiger charge is 2.35. The van der Waals surface area contributed by atoms with E-state index >= 15 is 0 Å². The van der Waals surface area contributed by atoms with Crippen LogP contribution in [0, 0.1) is 13.8 Å². The topological polar surface area (TPSA) is 108 Å². The summed E-state index contributed by atoms with van der Waals surface area (Å²) in [4.78, 5) is 40.0. The van der Waals surface area contributed by atoms with Gasteiger partial charge in [-0.1, -0.05) is 37.1 Å². The van der Waals surface area contributed by atoms with Gasteiger partial charge in [-0.05, 0) is 59.1 Å². The number of aryl methyl sites for hydroxylation is 2. The molecule has 0 fully saturated rings. The number of aliphatic hydroxyl groups is 1. The molecule has 3 N–H and O–H groups in total. The first kappa shape index (κ1) is 27.4. The Hall–Kier alpha value is -2.61. The molecule has 3 amide bonds. The van der Waals surface area contributed by atoms with Crippen LogP contribution in [0.1, 0.15) is 70.2 Å². The number of amides is 3. The Morgan fingerprint density at radius 3 is 2.38 bits per heavy atom. The molecule has 0 saturated carbocycles. The van der Waals surface area contributed by atoms with Crippen LogP contribution in [0.2, 0.25) is 0 Å². The summed E-state index contributed by atoms with van der Waals surface area (Å²) in [7, 11) is 0. The van der Waals surface area contributed by atoms with Crippen molar-refractivity contribution in [2.45, 2.75) is 79.0 Å². The van der Waals surface area contributed by atoms with E-state index in [9.17, 15) is 19.5 Å². The van der Waals surface area contributed by atoms with Crippen LogP contribution < -0.4 is 10.6 Å².